The standard InChI is InChI=1S/C19H26N6O/c1-15-4-5-18(21-11-15)23-9-6-16(7-10-23)19(26)25-8-2-3-17(25)12-24-14-20-13-22-24/h4-5,11,13-14,16-17H,2-3,6-10,12H2,1H3. The Labute approximate surface area is 154 Å². The first-order chi connectivity index (χ1) is 12.7. The van der Waals surface area contributed by atoms with Gasteiger partial charge in [-0.3, -0.25) is 9.48 Å². The van der Waals surface area contributed by atoms with Gasteiger partial charge in [0.15, 0.2) is 0 Å². The zero-order chi connectivity index (χ0) is 17.9. The van der Waals surface area contributed by atoms with Crippen molar-refractivity contribution < 1.29 is 4.79 Å². The highest BCUT2D eigenvalue weighted by Crippen LogP contribution is 2.27. The summed E-state index contributed by atoms with van der Waals surface area (Å²) < 4.78 is 1.84. The molecule has 7 heteroatoms. The summed E-state index contributed by atoms with van der Waals surface area (Å²) >= 11 is 0. The maximum atomic E-state index is 13.1. The van der Waals surface area contributed by atoms with Gasteiger partial charge in [0.1, 0.15) is 18.5 Å². The van der Waals surface area contributed by atoms with Crippen molar-refractivity contribution in [2.75, 3.05) is 24.5 Å². The van der Waals surface area contributed by atoms with Gasteiger partial charge in [-0.2, -0.15) is 5.10 Å². The number of rotatable bonds is 4. The van der Waals surface area contributed by atoms with Crippen LogP contribution in [0.3, 0.4) is 0 Å². The number of aromatic nitrogens is 4. The summed E-state index contributed by atoms with van der Waals surface area (Å²) in [5.74, 6) is 1.48. The minimum Gasteiger partial charge on any atom is -0.357 e. The third-order valence-electron chi connectivity index (χ3n) is 5.59. The number of hydrogen-bond donors (Lipinski definition) is 0. The number of likely N-dealkylation sites (tertiary alicyclic amines) is 1. The number of amides is 1. The van der Waals surface area contributed by atoms with E-state index >= 15 is 0 Å². The molecule has 1 unspecified atom stereocenters. The fourth-order valence-corrected chi connectivity index (χ4v) is 4.10. The van der Waals surface area contributed by atoms with E-state index in [4.69, 9.17) is 0 Å². The molecule has 0 aliphatic carbocycles. The number of carbonyl (C=O) groups excluding carboxylic acids is 1. The van der Waals surface area contributed by atoms with Crippen LogP contribution in [0.5, 0.6) is 0 Å². The van der Waals surface area contributed by atoms with Gasteiger partial charge in [-0.1, -0.05) is 6.07 Å². The molecular formula is C19H26N6O. The molecule has 138 valence electrons. The van der Waals surface area contributed by atoms with Crippen molar-refractivity contribution in [3.63, 3.8) is 0 Å². The van der Waals surface area contributed by atoms with E-state index in [0.29, 0.717) is 5.91 Å². The Bertz CT molecular complexity index is 721. The van der Waals surface area contributed by atoms with Crippen LogP contribution in [0.4, 0.5) is 5.82 Å². The topological polar surface area (TPSA) is 67.2 Å². The smallest absolute Gasteiger partial charge is 0.226 e. The van der Waals surface area contributed by atoms with Crippen LogP contribution in [0.2, 0.25) is 0 Å². The zero-order valence-corrected chi connectivity index (χ0v) is 15.3. The number of carbonyl (C=O) groups is 1. The van der Waals surface area contributed by atoms with Crippen LogP contribution in [0, 0.1) is 12.8 Å². The molecule has 0 aromatic carbocycles. The summed E-state index contributed by atoms with van der Waals surface area (Å²) in [6.45, 7) is 5.46. The molecule has 1 atom stereocenters. The fraction of sp³-hybridized carbons (Fsp3) is 0.579. The number of aryl methyl sites for hydroxylation is 1. The van der Waals surface area contributed by atoms with Crippen LogP contribution in [-0.2, 0) is 11.3 Å². The van der Waals surface area contributed by atoms with E-state index < -0.39 is 0 Å². The van der Waals surface area contributed by atoms with Gasteiger partial charge in [0.2, 0.25) is 5.91 Å². The molecule has 4 rings (SSSR count). The van der Waals surface area contributed by atoms with Crippen LogP contribution >= 0.6 is 0 Å². The Hall–Kier alpha value is -2.44. The first-order valence-electron chi connectivity index (χ1n) is 9.51. The second-order valence-electron chi connectivity index (χ2n) is 7.40. The molecule has 4 heterocycles. The molecular weight excluding hydrogens is 328 g/mol. The van der Waals surface area contributed by atoms with E-state index in [1.807, 2.05) is 17.8 Å². The number of piperidine rings is 1. The summed E-state index contributed by atoms with van der Waals surface area (Å²) in [6, 6.07) is 4.42. The number of pyridine rings is 1. The Morgan fingerprint density at radius 2 is 2.04 bits per heavy atom. The second kappa shape index (κ2) is 7.43. The quantitative estimate of drug-likeness (QED) is 0.839. The Kier molecular flexibility index (Phi) is 4.86. The summed E-state index contributed by atoms with van der Waals surface area (Å²) in [6.07, 6.45) is 9.13. The van der Waals surface area contributed by atoms with E-state index in [1.165, 1.54) is 5.56 Å². The highest BCUT2D eigenvalue weighted by atomic mass is 16.2. The summed E-state index contributed by atoms with van der Waals surface area (Å²) in [7, 11) is 0. The SMILES string of the molecule is Cc1ccc(N2CCC(C(=O)N3CCCC3Cn3cncn3)CC2)nc1. The fourth-order valence-electron chi connectivity index (χ4n) is 4.10. The normalized spacial score (nSPS) is 21.3. The minimum absolute atomic E-state index is 0.132. The number of nitrogens with zero attached hydrogens (tertiary/aromatic N) is 6. The molecule has 0 radical (unpaired) electrons. The molecule has 0 spiro atoms. The molecule has 2 aromatic heterocycles. The van der Waals surface area contributed by atoms with Crippen molar-refractivity contribution in [3.8, 4) is 0 Å². The predicted octanol–water partition coefficient (Wildman–Crippen LogP) is 1.89. The van der Waals surface area contributed by atoms with Crippen molar-refractivity contribution in [1.29, 1.82) is 0 Å². The molecule has 2 aliphatic rings. The predicted molar refractivity (Wildman–Crippen MR) is 98.7 cm³/mol. The van der Waals surface area contributed by atoms with Crippen molar-refractivity contribution in [3.05, 3.63) is 36.5 Å². The number of anilines is 1. The second-order valence-corrected chi connectivity index (χ2v) is 7.40. The van der Waals surface area contributed by atoms with Gasteiger partial charge >= 0.3 is 0 Å². The van der Waals surface area contributed by atoms with Gasteiger partial charge in [-0.15, -0.1) is 0 Å². The number of hydrogen-bond acceptors (Lipinski definition) is 5. The monoisotopic (exact) mass is 354 g/mol. The molecule has 2 saturated heterocycles. The van der Waals surface area contributed by atoms with Gasteiger partial charge in [0.25, 0.3) is 0 Å². The first-order valence-corrected chi connectivity index (χ1v) is 9.51. The molecule has 0 N–H and O–H groups in total. The van der Waals surface area contributed by atoms with Crippen LogP contribution in [0.25, 0.3) is 0 Å². The Morgan fingerprint density at radius 1 is 1.19 bits per heavy atom. The van der Waals surface area contributed by atoms with E-state index in [-0.39, 0.29) is 12.0 Å². The van der Waals surface area contributed by atoms with E-state index in [9.17, 15) is 4.79 Å². The molecule has 7 nitrogen and oxygen atoms in total. The van der Waals surface area contributed by atoms with Crippen molar-refractivity contribution in [2.24, 2.45) is 5.92 Å². The maximum absolute atomic E-state index is 13.1. The molecule has 26 heavy (non-hydrogen) atoms. The lowest BCUT2D eigenvalue weighted by molar-refractivity contribution is -0.137. The lowest BCUT2D eigenvalue weighted by Gasteiger charge is -2.35. The van der Waals surface area contributed by atoms with E-state index in [1.54, 1.807) is 12.7 Å². The van der Waals surface area contributed by atoms with Crippen LogP contribution < -0.4 is 4.90 Å². The van der Waals surface area contributed by atoms with Gasteiger partial charge in [-0.05, 0) is 44.2 Å². The summed E-state index contributed by atoms with van der Waals surface area (Å²) in [5.41, 5.74) is 1.17. The van der Waals surface area contributed by atoms with E-state index in [0.717, 1.165) is 57.7 Å². The van der Waals surface area contributed by atoms with Crippen LogP contribution in [0.15, 0.2) is 31.0 Å². The van der Waals surface area contributed by atoms with Crippen LogP contribution in [0.1, 0.15) is 31.2 Å². The molecule has 2 aromatic rings. The van der Waals surface area contributed by atoms with E-state index in [2.05, 4.69) is 37.0 Å². The molecule has 2 aliphatic heterocycles. The van der Waals surface area contributed by atoms with Gasteiger partial charge in [-0.25, -0.2) is 9.97 Å². The molecule has 2 fully saturated rings. The first kappa shape index (κ1) is 17.0. The molecule has 0 saturated carbocycles. The third-order valence-corrected chi connectivity index (χ3v) is 5.59. The molecule has 1 amide bonds. The van der Waals surface area contributed by atoms with Crippen molar-refractivity contribution in [2.45, 2.75) is 45.2 Å². The average molecular weight is 354 g/mol. The summed E-state index contributed by atoms with van der Waals surface area (Å²) in [5, 5.41) is 4.19. The lowest BCUT2D eigenvalue weighted by Crippen LogP contribution is -2.45. The Balaban J connectivity index is 1.34. The maximum Gasteiger partial charge on any atom is 0.226 e. The van der Waals surface area contributed by atoms with Crippen molar-refractivity contribution in [1.82, 2.24) is 24.6 Å². The van der Waals surface area contributed by atoms with Crippen LogP contribution in [-0.4, -0.2) is 56.2 Å². The third kappa shape index (κ3) is 3.57. The molecule has 0 bridgehead atoms. The minimum atomic E-state index is 0.132. The Morgan fingerprint density at radius 3 is 2.73 bits per heavy atom. The zero-order valence-electron chi connectivity index (χ0n) is 15.3. The summed E-state index contributed by atoms with van der Waals surface area (Å²) in [4.78, 5) is 26.0. The van der Waals surface area contributed by atoms with Crippen molar-refractivity contribution >= 4 is 11.7 Å². The largest absolute Gasteiger partial charge is 0.357 e. The van der Waals surface area contributed by atoms with Gasteiger partial charge in [0.05, 0.1) is 12.6 Å². The van der Waals surface area contributed by atoms with Gasteiger partial charge < -0.3 is 9.80 Å². The highest BCUT2D eigenvalue weighted by Gasteiger charge is 2.35. The highest BCUT2D eigenvalue weighted by molar-refractivity contribution is 5.79. The van der Waals surface area contributed by atoms with Gasteiger partial charge in [0, 0.05) is 31.7 Å². The average Bonchev–Trinajstić information content (AvgIpc) is 3.34. The lowest BCUT2D eigenvalue weighted by atomic mass is 9.95.